The first-order valence-electron chi connectivity index (χ1n) is 5.14. The van der Waals surface area contributed by atoms with Crippen LogP contribution < -0.4 is 0 Å². The maximum absolute atomic E-state index is 5.24. The fourth-order valence-corrected chi connectivity index (χ4v) is 2.10. The third-order valence-electron chi connectivity index (χ3n) is 2.30. The van der Waals surface area contributed by atoms with Crippen LogP contribution in [0.2, 0.25) is 0 Å². The van der Waals surface area contributed by atoms with Gasteiger partial charge in [-0.2, -0.15) is 5.10 Å². The topological polar surface area (TPSA) is 33.6 Å². The van der Waals surface area contributed by atoms with Crippen molar-refractivity contribution in [1.82, 2.24) is 14.8 Å². The zero-order chi connectivity index (χ0) is 11.5. The number of benzene rings is 1. The molecule has 0 atom stereocenters. The lowest BCUT2D eigenvalue weighted by Gasteiger charge is -2.05. The maximum atomic E-state index is 5.24. The predicted octanol–water partition coefficient (Wildman–Crippen LogP) is 3.64. The summed E-state index contributed by atoms with van der Waals surface area (Å²) in [4.78, 5) is 0. The summed E-state index contributed by atoms with van der Waals surface area (Å²) < 4.78 is 3.68. The number of aromatic nitrogens is 3. The first-order chi connectivity index (χ1) is 7.72. The Hall–Kier alpha value is -0.940. The summed E-state index contributed by atoms with van der Waals surface area (Å²) in [5.74, 6) is 0.981. The van der Waals surface area contributed by atoms with Gasteiger partial charge in [-0.25, -0.2) is 0 Å². The van der Waals surface area contributed by atoms with E-state index in [1.807, 2.05) is 28.8 Å². The Balaban J connectivity index is 2.50. The minimum Gasteiger partial charge on any atom is -0.272 e. The predicted molar refractivity (Wildman–Crippen MR) is 70.4 cm³/mol. The average molecular weight is 298 g/mol. The second-order valence-corrected chi connectivity index (χ2v) is 4.81. The third-order valence-corrected chi connectivity index (χ3v) is 3.10. The van der Waals surface area contributed by atoms with Crippen molar-refractivity contribution < 1.29 is 0 Å². The van der Waals surface area contributed by atoms with E-state index in [1.165, 1.54) is 0 Å². The van der Waals surface area contributed by atoms with Gasteiger partial charge in [-0.15, -0.1) is 0 Å². The summed E-state index contributed by atoms with van der Waals surface area (Å²) in [6.45, 7) is 2.13. The van der Waals surface area contributed by atoms with Crippen molar-refractivity contribution in [3.8, 4) is 5.69 Å². The number of halogens is 1. The molecule has 0 unspecified atom stereocenters. The van der Waals surface area contributed by atoms with Crippen molar-refractivity contribution in [3.63, 3.8) is 0 Å². The molecule has 0 bridgehead atoms. The highest BCUT2D eigenvalue weighted by atomic mass is 79.9. The van der Waals surface area contributed by atoms with Gasteiger partial charge < -0.3 is 0 Å². The van der Waals surface area contributed by atoms with Crippen molar-refractivity contribution in [2.24, 2.45) is 0 Å². The fourth-order valence-electron chi connectivity index (χ4n) is 1.58. The second-order valence-electron chi connectivity index (χ2n) is 3.51. The van der Waals surface area contributed by atoms with Crippen LogP contribution in [0.1, 0.15) is 19.2 Å². The van der Waals surface area contributed by atoms with Gasteiger partial charge in [-0.1, -0.05) is 22.9 Å². The van der Waals surface area contributed by atoms with E-state index in [0.29, 0.717) is 4.77 Å². The Morgan fingerprint density at radius 1 is 1.38 bits per heavy atom. The molecule has 16 heavy (non-hydrogen) atoms. The van der Waals surface area contributed by atoms with Gasteiger partial charge >= 0.3 is 0 Å². The van der Waals surface area contributed by atoms with E-state index in [2.05, 4.69) is 33.1 Å². The molecular weight excluding hydrogens is 286 g/mol. The molecule has 5 heteroatoms. The first kappa shape index (κ1) is 11.5. The number of rotatable bonds is 3. The lowest BCUT2D eigenvalue weighted by molar-refractivity contribution is 0.801. The molecule has 0 amide bonds. The smallest absolute Gasteiger partial charge is 0.199 e. The summed E-state index contributed by atoms with van der Waals surface area (Å²) in [7, 11) is 0. The first-order valence-corrected chi connectivity index (χ1v) is 6.34. The van der Waals surface area contributed by atoms with Crippen molar-refractivity contribution in [2.75, 3.05) is 0 Å². The normalized spacial score (nSPS) is 10.6. The van der Waals surface area contributed by atoms with Crippen LogP contribution in [-0.2, 0) is 6.42 Å². The molecule has 3 nitrogen and oxygen atoms in total. The lowest BCUT2D eigenvalue weighted by Crippen LogP contribution is -2.00. The van der Waals surface area contributed by atoms with E-state index in [1.54, 1.807) is 0 Å². The molecule has 2 rings (SSSR count). The van der Waals surface area contributed by atoms with Gasteiger partial charge in [0.1, 0.15) is 5.82 Å². The quantitative estimate of drug-likeness (QED) is 0.878. The van der Waals surface area contributed by atoms with E-state index < -0.39 is 0 Å². The second kappa shape index (κ2) is 4.93. The van der Waals surface area contributed by atoms with Crippen molar-refractivity contribution in [3.05, 3.63) is 39.3 Å². The lowest BCUT2D eigenvalue weighted by atomic mass is 10.3. The van der Waals surface area contributed by atoms with Crippen molar-refractivity contribution >= 4 is 28.1 Å². The van der Waals surface area contributed by atoms with Crippen molar-refractivity contribution in [2.45, 2.75) is 19.8 Å². The Morgan fingerprint density at radius 3 is 2.69 bits per heavy atom. The molecular formula is C11H12BrN3S. The molecule has 1 aromatic carbocycles. The van der Waals surface area contributed by atoms with Crippen LogP contribution in [0.5, 0.6) is 0 Å². The molecule has 0 aliphatic rings. The summed E-state index contributed by atoms with van der Waals surface area (Å²) in [5, 5.41) is 7.08. The Morgan fingerprint density at radius 2 is 2.06 bits per heavy atom. The zero-order valence-corrected chi connectivity index (χ0v) is 11.3. The zero-order valence-electron chi connectivity index (χ0n) is 8.90. The third kappa shape index (κ3) is 2.25. The summed E-state index contributed by atoms with van der Waals surface area (Å²) in [6.07, 6.45) is 1.97. The largest absolute Gasteiger partial charge is 0.272 e. The Bertz CT molecular complexity index is 527. The highest BCUT2D eigenvalue weighted by molar-refractivity contribution is 9.10. The standard InChI is InChI=1S/C11H12BrN3S/c1-2-3-10-13-14-11(16)15(10)9-6-4-8(12)5-7-9/h4-7H,2-3H2,1H3,(H,14,16). The average Bonchev–Trinajstić information content (AvgIpc) is 2.62. The molecule has 0 aliphatic carbocycles. The van der Waals surface area contributed by atoms with Crippen LogP contribution in [0.15, 0.2) is 28.7 Å². The molecule has 1 N–H and O–H groups in total. The molecule has 84 valence electrons. The van der Waals surface area contributed by atoms with Crippen LogP contribution in [0.4, 0.5) is 0 Å². The minimum atomic E-state index is 0.644. The highest BCUT2D eigenvalue weighted by Crippen LogP contribution is 2.16. The number of hydrogen-bond acceptors (Lipinski definition) is 2. The number of nitrogens with zero attached hydrogens (tertiary/aromatic N) is 2. The van der Waals surface area contributed by atoms with Gasteiger partial charge in [0.25, 0.3) is 0 Å². The number of aryl methyl sites for hydroxylation is 1. The summed E-state index contributed by atoms with van der Waals surface area (Å²) in [6, 6.07) is 8.04. The van der Waals surface area contributed by atoms with Crippen LogP contribution >= 0.6 is 28.1 Å². The van der Waals surface area contributed by atoms with Gasteiger partial charge in [0.2, 0.25) is 0 Å². The number of hydrogen-bond donors (Lipinski definition) is 1. The highest BCUT2D eigenvalue weighted by Gasteiger charge is 2.06. The maximum Gasteiger partial charge on any atom is 0.199 e. The van der Waals surface area contributed by atoms with Gasteiger partial charge in [-0.05, 0) is 42.9 Å². The van der Waals surface area contributed by atoms with Crippen LogP contribution in [0, 0.1) is 4.77 Å². The van der Waals surface area contributed by atoms with E-state index in [4.69, 9.17) is 12.2 Å². The van der Waals surface area contributed by atoms with Gasteiger partial charge in [-0.3, -0.25) is 9.67 Å². The van der Waals surface area contributed by atoms with E-state index >= 15 is 0 Å². The molecule has 1 aromatic heterocycles. The van der Waals surface area contributed by atoms with Gasteiger partial charge in [0, 0.05) is 16.6 Å². The summed E-state index contributed by atoms with van der Waals surface area (Å²) >= 11 is 8.65. The molecule has 2 aromatic rings. The SMILES string of the molecule is CCCc1n[nH]c(=S)n1-c1ccc(Br)cc1. The minimum absolute atomic E-state index is 0.644. The monoisotopic (exact) mass is 297 g/mol. The molecule has 0 saturated heterocycles. The molecule has 0 saturated carbocycles. The van der Waals surface area contributed by atoms with E-state index in [0.717, 1.165) is 28.8 Å². The van der Waals surface area contributed by atoms with E-state index in [9.17, 15) is 0 Å². The number of H-pyrrole nitrogens is 1. The molecule has 0 aliphatic heterocycles. The molecule has 0 spiro atoms. The summed E-state index contributed by atoms with van der Waals surface area (Å²) in [5.41, 5.74) is 1.05. The van der Waals surface area contributed by atoms with E-state index in [-0.39, 0.29) is 0 Å². The van der Waals surface area contributed by atoms with Crippen molar-refractivity contribution in [1.29, 1.82) is 0 Å². The molecule has 0 fully saturated rings. The van der Waals surface area contributed by atoms with Crippen LogP contribution in [0.3, 0.4) is 0 Å². The van der Waals surface area contributed by atoms with Gasteiger partial charge in [0.15, 0.2) is 4.77 Å². The van der Waals surface area contributed by atoms with Gasteiger partial charge in [0.05, 0.1) is 0 Å². The van der Waals surface area contributed by atoms with Crippen LogP contribution in [0.25, 0.3) is 5.69 Å². The molecule has 0 radical (unpaired) electrons. The molecule has 1 heterocycles. The number of aromatic amines is 1. The number of nitrogens with one attached hydrogen (secondary N) is 1. The van der Waals surface area contributed by atoms with Crippen LogP contribution in [-0.4, -0.2) is 14.8 Å². The fraction of sp³-hybridized carbons (Fsp3) is 0.273. The Kier molecular flexibility index (Phi) is 3.56. The Labute approximate surface area is 108 Å².